The zero-order chi connectivity index (χ0) is 13.6. The van der Waals surface area contributed by atoms with Gasteiger partial charge in [-0.1, -0.05) is 0 Å². The third-order valence-corrected chi connectivity index (χ3v) is 1.91. The molecule has 0 unspecified atom stereocenters. The first-order chi connectivity index (χ1) is 7.72. The minimum atomic E-state index is -0.755. The summed E-state index contributed by atoms with van der Waals surface area (Å²) in [5.41, 5.74) is -0.626. The van der Waals surface area contributed by atoms with Crippen molar-refractivity contribution in [1.82, 2.24) is 4.90 Å². The number of nitrogens with zero attached hydrogens (tertiary/aromatic N) is 1. The van der Waals surface area contributed by atoms with Crippen LogP contribution in [0.3, 0.4) is 0 Å². The van der Waals surface area contributed by atoms with Crippen LogP contribution in [0.1, 0.15) is 27.7 Å². The second-order valence-electron chi connectivity index (χ2n) is 4.57. The van der Waals surface area contributed by atoms with E-state index in [2.05, 4.69) is 4.74 Å². The Morgan fingerprint density at radius 3 is 2.12 bits per heavy atom. The zero-order valence-corrected chi connectivity index (χ0v) is 11.3. The summed E-state index contributed by atoms with van der Waals surface area (Å²) in [6.07, 6.45) is -0.614. The number of carbonyl (C=O) groups is 2. The lowest BCUT2D eigenvalue weighted by atomic mass is 10.2. The molecule has 0 heterocycles. The topological polar surface area (TPSA) is 65.1 Å². The molecule has 0 aromatic rings. The molecular formula is C11H21NO5. The van der Waals surface area contributed by atoms with Gasteiger partial charge in [0.2, 0.25) is 0 Å². The van der Waals surface area contributed by atoms with Crippen molar-refractivity contribution < 1.29 is 23.8 Å². The van der Waals surface area contributed by atoms with Gasteiger partial charge in [0.1, 0.15) is 18.4 Å². The third-order valence-electron chi connectivity index (χ3n) is 1.91. The molecule has 100 valence electrons. The van der Waals surface area contributed by atoms with Gasteiger partial charge in [0.25, 0.3) is 0 Å². The number of rotatable bonds is 4. The van der Waals surface area contributed by atoms with E-state index in [0.29, 0.717) is 0 Å². The van der Waals surface area contributed by atoms with Crippen LogP contribution in [0.4, 0.5) is 4.79 Å². The van der Waals surface area contributed by atoms with E-state index in [1.54, 1.807) is 27.7 Å². The highest BCUT2D eigenvalue weighted by Gasteiger charge is 2.30. The number of ether oxygens (including phenoxy) is 3. The standard InChI is InChI=1S/C11H21NO5/c1-8(9(13)16-6)12(7-15-5)10(14)17-11(2,3)4/h8H,7H2,1-6H3/t8-/m0/s1. The summed E-state index contributed by atoms with van der Waals surface area (Å²) in [6, 6.07) is -0.755. The Kier molecular flexibility index (Phi) is 5.95. The van der Waals surface area contributed by atoms with Crippen LogP contribution in [0.25, 0.3) is 0 Å². The Bertz CT molecular complexity index is 272. The van der Waals surface area contributed by atoms with Gasteiger partial charge in [-0.15, -0.1) is 0 Å². The summed E-state index contributed by atoms with van der Waals surface area (Å²) in [6.45, 7) is 6.76. The molecule has 0 fully saturated rings. The van der Waals surface area contributed by atoms with E-state index in [-0.39, 0.29) is 6.73 Å². The highest BCUT2D eigenvalue weighted by molar-refractivity contribution is 5.81. The Balaban J connectivity index is 4.72. The van der Waals surface area contributed by atoms with Crippen LogP contribution in [-0.4, -0.2) is 49.6 Å². The van der Waals surface area contributed by atoms with Crippen molar-refractivity contribution in [1.29, 1.82) is 0 Å². The Morgan fingerprint density at radius 2 is 1.76 bits per heavy atom. The number of esters is 1. The van der Waals surface area contributed by atoms with Crippen LogP contribution in [0.15, 0.2) is 0 Å². The molecule has 0 aliphatic rings. The largest absolute Gasteiger partial charge is 0.467 e. The number of carbonyl (C=O) groups excluding carboxylic acids is 2. The zero-order valence-electron chi connectivity index (χ0n) is 11.3. The number of methoxy groups -OCH3 is 2. The smallest absolute Gasteiger partial charge is 0.412 e. The fourth-order valence-electron chi connectivity index (χ4n) is 1.08. The molecule has 17 heavy (non-hydrogen) atoms. The minimum absolute atomic E-state index is 0.0365. The van der Waals surface area contributed by atoms with Crippen LogP contribution in [0.5, 0.6) is 0 Å². The van der Waals surface area contributed by atoms with Crippen molar-refractivity contribution >= 4 is 12.1 Å². The highest BCUT2D eigenvalue weighted by Crippen LogP contribution is 2.12. The Hall–Kier alpha value is -1.30. The van der Waals surface area contributed by atoms with Gasteiger partial charge in [-0.2, -0.15) is 0 Å². The highest BCUT2D eigenvalue weighted by atomic mass is 16.6. The normalized spacial score (nSPS) is 12.8. The molecule has 0 spiro atoms. The molecule has 1 amide bonds. The van der Waals surface area contributed by atoms with Crippen LogP contribution in [-0.2, 0) is 19.0 Å². The SMILES string of the molecule is COCN(C(=O)OC(C)(C)C)[C@@H](C)C(=O)OC. The average Bonchev–Trinajstić information content (AvgIpc) is 2.21. The molecule has 0 saturated carbocycles. The predicted molar refractivity (Wildman–Crippen MR) is 61.4 cm³/mol. The molecule has 0 bridgehead atoms. The monoisotopic (exact) mass is 247 g/mol. The van der Waals surface area contributed by atoms with E-state index in [1.807, 2.05) is 0 Å². The summed E-state index contributed by atoms with van der Waals surface area (Å²) in [5.74, 6) is -0.520. The third kappa shape index (κ3) is 5.53. The molecule has 0 aromatic heterocycles. The van der Waals surface area contributed by atoms with Crippen molar-refractivity contribution in [2.24, 2.45) is 0 Å². The van der Waals surface area contributed by atoms with Crippen molar-refractivity contribution in [3.05, 3.63) is 0 Å². The lowest BCUT2D eigenvalue weighted by Gasteiger charge is -2.29. The molecule has 0 N–H and O–H groups in total. The van der Waals surface area contributed by atoms with Crippen LogP contribution in [0, 0.1) is 0 Å². The molecule has 6 nitrogen and oxygen atoms in total. The van der Waals surface area contributed by atoms with Crippen LogP contribution in [0.2, 0.25) is 0 Å². The fraction of sp³-hybridized carbons (Fsp3) is 0.818. The first kappa shape index (κ1) is 15.7. The Labute approximate surface area is 102 Å². The van der Waals surface area contributed by atoms with Gasteiger partial charge in [-0.05, 0) is 27.7 Å². The predicted octanol–water partition coefficient (Wildman–Crippen LogP) is 1.39. The van der Waals surface area contributed by atoms with Crippen molar-refractivity contribution in [3.63, 3.8) is 0 Å². The van der Waals surface area contributed by atoms with Crippen LogP contribution >= 0.6 is 0 Å². The van der Waals surface area contributed by atoms with Gasteiger partial charge in [0.05, 0.1) is 7.11 Å². The summed E-state index contributed by atoms with van der Waals surface area (Å²) < 4.78 is 14.6. The average molecular weight is 247 g/mol. The first-order valence-electron chi connectivity index (χ1n) is 5.29. The van der Waals surface area contributed by atoms with Gasteiger partial charge in [-0.3, -0.25) is 4.90 Å². The van der Waals surface area contributed by atoms with E-state index in [1.165, 1.54) is 14.2 Å². The minimum Gasteiger partial charge on any atom is -0.467 e. The maximum atomic E-state index is 11.8. The van der Waals surface area contributed by atoms with E-state index in [9.17, 15) is 9.59 Å². The molecular weight excluding hydrogens is 226 g/mol. The maximum Gasteiger partial charge on any atom is 0.412 e. The molecule has 0 aliphatic carbocycles. The van der Waals surface area contributed by atoms with Crippen molar-refractivity contribution in [2.45, 2.75) is 39.3 Å². The maximum absolute atomic E-state index is 11.8. The molecule has 0 saturated heterocycles. The molecule has 1 atom stereocenters. The van der Waals surface area contributed by atoms with Gasteiger partial charge < -0.3 is 14.2 Å². The molecule has 0 aliphatic heterocycles. The van der Waals surface area contributed by atoms with E-state index < -0.39 is 23.7 Å². The molecule has 0 aromatic carbocycles. The van der Waals surface area contributed by atoms with Crippen molar-refractivity contribution in [2.75, 3.05) is 21.0 Å². The van der Waals surface area contributed by atoms with Gasteiger partial charge in [-0.25, -0.2) is 9.59 Å². The van der Waals surface area contributed by atoms with E-state index in [0.717, 1.165) is 4.90 Å². The lowest BCUT2D eigenvalue weighted by Crippen LogP contribution is -2.47. The molecule has 0 rings (SSSR count). The van der Waals surface area contributed by atoms with Gasteiger partial charge in [0, 0.05) is 7.11 Å². The fourth-order valence-corrected chi connectivity index (χ4v) is 1.08. The van der Waals surface area contributed by atoms with Gasteiger partial charge in [0.15, 0.2) is 0 Å². The molecule has 6 heteroatoms. The van der Waals surface area contributed by atoms with Crippen molar-refractivity contribution in [3.8, 4) is 0 Å². The van der Waals surface area contributed by atoms with Gasteiger partial charge >= 0.3 is 12.1 Å². The number of hydrogen-bond donors (Lipinski definition) is 0. The number of amides is 1. The summed E-state index contributed by atoms with van der Waals surface area (Å²) >= 11 is 0. The summed E-state index contributed by atoms with van der Waals surface area (Å²) in [7, 11) is 2.69. The number of hydrogen-bond acceptors (Lipinski definition) is 5. The van der Waals surface area contributed by atoms with E-state index in [4.69, 9.17) is 9.47 Å². The quantitative estimate of drug-likeness (QED) is 0.555. The first-order valence-corrected chi connectivity index (χ1v) is 5.29. The summed E-state index contributed by atoms with van der Waals surface area (Å²) in [4.78, 5) is 24.4. The second kappa shape index (κ2) is 6.44. The molecule has 0 radical (unpaired) electrons. The summed E-state index contributed by atoms with van der Waals surface area (Å²) in [5, 5.41) is 0. The Morgan fingerprint density at radius 1 is 1.24 bits per heavy atom. The van der Waals surface area contributed by atoms with Crippen LogP contribution < -0.4 is 0 Å². The lowest BCUT2D eigenvalue weighted by molar-refractivity contribution is -0.148. The second-order valence-corrected chi connectivity index (χ2v) is 4.57. The van der Waals surface area contributed by atoms with E-state index >= 15 is 0 Å².